The smallest absolute Gasteiger partial charge is 0.315 e. The maximum absolute atomic E-state index is 10.6. The molecule has 2 saturated heterocycles. The Bertz CT molecular complexity index is 840. The van der Waals surface area contributed by atoms with E-state index in [9.17, 15) is 19.2 Å². The van der Waals surface area contributed by atoms with Gasteiger partial charge in [0.2, 0.25) is 0 Å². The molecular formula is C17H27N5O4S3. The lowest BCUT2D eigenvalue weighted by molar-refractivity contribution is 0.756. The van der Waals surface area contributed by atoms with Gasteiger partial charge in [0.25, 0.3) is 11.1 Å². The molecule has 2 aromatic heterocycles. The highest BCUT2D eigenvalue weighted by atomic mass is 32.2. The van der Waals surface area contributed by atoms with Crippen molar-refractivity contribution in [2.45, 2.75) is 6.92 Å². The van der Waals surface area contributed by atoms with Crippen LogP contribution >= 0.6 is 35.3 Å². The van der Waals surface area contributed by atoms with E-state index in [1.54, 1.807) is 6.92 Å². The van der Waals surface area contributed by atoms with Crippen LogP contribution in [0.5, 0.6) is 0 Å². The van der Waals surface area contributed by atoms with Crippen LogP contribution < -0.4 is 27.8 Å². The van der Waals surface area contributed by atoms with Gasteiger partial charge in [-0.2, -0.15) is 35.3 Å². The summed E-state index contributed by atoms with van der Waals surface area (Å²) < 4.78 is 0. The van der Waals surface area contributed by atoms with Crippen LogP contribution in [-0.4, -0.2) is 67.5 Å². The Hall–Kier alpha value is -1.63. The summed E-state index contributed by atoms with van der Waals surface area (Å²) in [5.41, 5.74) is -1.15. The third-order valence-corrected chi connectivity index (χ3v) is 6.75. The Morgan fingerprint density at radius 2 is 1.31 bits per heavy atom. The lowest BCUT2D eigenvalue weighted by Gasteiger charge is -2.08. The van der Waals surface area contributed by atoms with Crippen molar-refractivity contribution in [1.82, 2.24) is 25.3 Å². The Labute approximate surface area is 180 Å². The molecule has 2 aliphatic heterocycles. The number of rotatable bonds is 0. The lowest BCUT2D eigenvalue weighted by Crippen LogP contribution is -2.24. The van der Waals surface area contributed by atoms with E-state index in [0.29, 0.717) is 5.56 Å². The van der Waals surface area contributed by atoms with E-state index in [4.69, 9.17) is 0 Å². The molecule has 0 atom stereocenters. The summed E-state index contributed by atoms with van der Waals surface area (Å²) in [5, 5.41) is 3.26. The molecule has 12 heteroatoms. The molecule has 0 amide bonds. The van der Waals surface area contributed by atoms with Gasteiger partial charge < -0.3 is 15.3 Å². The standard InChI is InChI=1S/C5H6N2O2.C4H4N2O2.C4H9NS.C4H8S2/c1-3-2-6-5(9)7-4(3)8;7-3-1-2-5-4(8)6-3;1-3-6-4-2-5-1;1-2-6-4-3-5-1/h2H,1H3,(H2,6,7,8,9);1-2H,(H2,5,6,7,8);5H,1-4H2;1-4H2. The van der Waals surface area contributed by atoms with E-state index in [-0.39, 0.29) is 11.1 Å². The van der Waals surface area contributed by atoms with Gasteiger partial charge in [-0.1, -0.05) is 0 Å². The van der Waals surface area contributed by atoms with Crippen molar-refractivity contribution in [3.63, 3.8) is 0 Å². The fourth-order valence-corrected chi connectivity index (χ4v) is 4.89. The number of hydrogen-bond acceptors (Lipinski definition) is 8. The second-order valence-electron chi connectivity index (χ2n) is 5.64. The summed E-state index contributed by atoms with van der Waals surface area (Å²) in [6, 6.07) is 1.24. The molecule has 2 aromatic rings. The predicted molar refractivity (Wildman–Crippen MR) is 125 cm³/mol. The molecule has 2 fully saturated rings. The topological polar surface area (TPSA) is 143 Å². The highest BCUT2D eigenvalue weighted by molar-refractivity contribution is 8.06. The summed E-state index contributed by atoms with van der Waals surface area (Å²) in [6.45, 7) is 4.05. The van der Waals surface area contributed by atoms with Crippen molar-refractivity contribution in [3.8, 4) is 0 Å². The first kappa shape index (κ1) is 25.4. The SMILES string of the molecule is C1CSCCN1.C1CSCCS1.Cc1c[nH]c(=O)[nH]c1=O.O=c1cc[nH]c(=O)[nH]1. The highest BCUT2D eigenvalue weighted by Gasteiger charge is 1.96. The molecule has 0 radical (unpaired) electrons. The van der Waals surface area contributed by atoms with Gasteiger partial charge in [0.05, 0.1) is 0 Å². The van der Waals surface area contributed by atoms with Crippen LogP contribution in [0, 0.1) is 6.92 Å². The van der Waals surface area contributed by atoms with Crippen LogP contribution in [0.1, 0.15) is 5.56 Å². The fourth-order valence-electron chi connectivity index (χ4n) is 1.82. The zero-order valence-electron chi connectivity index (χ0n) is 16.2. The van der Waals surface area contributed by atoms with E-state index in [1.807, 2.05) is 16.7 Å². The molecule has 0 unspecified atom stereocenters. The Morgan fingerprint density at radius 3 is 1.62 bits per heavy atom. The zero-order chi connectivity index (χ0) is 21.3. The minimum absolute atomic E-state index is 0.334. The monoisotopic (exact) mass is 461 g/mol. The summed E-state index contributed by atoms with van der Waals surface area (Å²) in [4.78, 5) is 50.0. The van der Waals surface area contributed by atoms with E-state index in [1.165, 1.54) is 66.1 Å². The third-order valence-electron chi connectivity index (χ3n) is 3.28. The first-order chi connectivity index (χ1) is 14.0. The number of nitrogens with one attached hydrogen (secondary N) is 5. The van der Waals surface area contributed by atoms with Crippen molar-refractivity contribution >= 4 is 35.3 Å². The quantitative estimate of drug-likeness (QED) is 0.375. The van der Waals surface area contributed by atoms with E-state index < -0.39 is 11.4 Å². The minimum Gasteiger partial charge on any atom is -0.315 e. The zero-order valence-corrected chi connectivity index (χ0v) is 18.7. The molecule has 2 aliphatic rings. The number of aryl methyl sites for hydroxylation is 1. The van der Waals surface area contributed by atoms with Gasteiger partial charge in [0, 0.05) is 71.6 Å². The van der Waals surface area contributed by atoms with Crippen molar-refractivity contribution < 1.29 is 0 Å². The fraction of sp³-hybridized carbons (Fsp3) is 0.529. The number of aromatic amines is 4. The van der Waals surface area contributed by atoms with Gasteiger partial charge in [-0.05, 0) is 6.92 Å². The average molecular weight is 462 g/mol. The molecule has 0 spiro atoms. The predicted octanol–water partition coefficient (Wildman–Crippen LogP) is 0.224. The maximum atomic E-state index is 10.6. The van der Waals surface area contributed by atoms with E-state index in [0.717, 1.165) is 0 Å². The molecule has 5 N–H and O–H groups in total. The molecular weight excluding hydrogens is 434 g/mol. The summed E-state index contributed by atoms with van der Waals surface area (Å²) in [5.74, 6) is 8.13. The Balaban J connectivity index is 0.000000196. The number of hydrogen-bond donors (Lipinski definition) is 5. The van der Waals surface area contributed by atoms with Gasteiger partial charge >= 0.3 is 11.4 Å². The molecule has 4 heterocycles. The average Bonchev–Trinajstić information content (AvgIpc) is 2.75. The van der Waals surface area contributed by atoms with Crippen molar-refractivity contribution in [3.05, 3.63) is 65.7 Å². The number of H-pyrrole nitrogens is 4. The first-order valence-electron chi connectivity index (χ1n) is 8.99. The normalized spacial score (nSPS) is 15.3. The van der Waals surface area contributed by atoms with Crippen LogP contribution in [0.4, 0.5) is 0 Å². The number of thioether (sulfide) groups is 3. The minimum atomic E-state index is -0.475. The van der Waals surface area contributed by atoms with Crippen LogP contribution in [0.25, 0.3) is 0 Å². The van der Waals surface area contributed by atoms with Gasteiger partial charge in [0.15, 0.2) is 0 Å². The second kappa shape index (κ2) is 16.2. The summed E-state index contributed by atoms with van der Waals surface area (Å²) in [7, 11) is 0. The van der Waals surface area contributed by atoms with Crippen molar-refractivity contribution in [2.24, 2.45) is 0 Å². The molecule has 0 aromatic carbocycles. The van der Waals surface area contributed by atoms with Gasteiger partial charge in [-0.25, -0.2) is 9.59 Å². The van der Waals surface area contributed by atoms with Crippen LogP contribution in [-0.2, 0) is 0 Å². The largest absolute Gasteiger partial charge is 0.325 e. The van der Waals surface area contributed by atoms with Crippen molar-refractivity contribution in [1.29, 1.82) is 0 Å². The molecule has 0 aliphatic carbocycles. The molecule has 162 valence electrons. The van der Waals surface area contributed by atoms with Crippen molar-refractivity contribution in [2.75, 3.05) is 47.6 Å². The van der Waals surface area contributed by atoms with Crippen LogP contribution in [0.3, 0.4) is 0 Å². The Morgan fingerprint density at radius 1 is 0.759 bits per heavy atom. The molecule has 0 bridgehead atoms. The molecule has 9 nitrogen and oxygen atoms in total. The first-order valence-corrected chi connectivity index (χ1v) is 12.5. The molecule has 29 heavy (non-hydrogen) atoms. The van der Waals surface area contributed by atoms with E-state index >= 15 is 0 Å². The maximum Gasteiger partial charge on any atom is 0.325 e. The molecule has 4 rings (SSSR count). The van der Waals surface area contributed by atoms with Crippen LogP contribution in [0.2, 0.25) is 0 Å². The Kier molecular flexibility index (Phi) is 14.2. The summed E-state index contributed by atoms with van der Waals surface area (Å²) in [6.07, 6.45) is 2.67. The van der Waals surface area contributed by atoms with Gasteiger partial charge in [-0.15, -0.1) is 0 Å². The lowest BCUT2D eigenvalue weighted by atomic mass is 10.4. The third kappa shape index (κ3) is 14.1. The second-order valence-corrected chi connectivity index (χ2v) is 9.31. The van der Waals surface area contributed by atoms with Gasteiger partial charge in [-0.3, -0.25) is 19.6 Å². The van der Waals surface area contributed by atoms with E-state index in [2.05, 4.69) is 43.8 Å². The molecule has 0 saturated carbocycles. The number of aromatic nitrogens is 4. The van der Waals surface area contributed by atoms with Gasteiger partial charge in [0.1, 0.15) is 0 Å². The summed E-state index contributed by atoms with van der Waals surface area (Å²) >= 11 is 6.18. The van der Waals surface area contributed by atoms with Crippen LogP contribution in [0.15, 0.2) is 37.6 Å². The highest BCUT2D eigenvalue weighted by Crippen LogP contribution is 2.14.